The van der Waals surface area contributed by atoms with Crippen LogP contribution >= 0.6 is 24.8 Å². The van der Waals surface area contributed by atoms with Crippen LogP contribution in [0.1, 0.15) is 34.8 Å². The van der Waals surface area contributed by atoms with Crippen LogP contribution < -0.4 is 10.5 Å². The van der Waals surface area contributed by atoms with Crippen LogP contribution in [-0.4, -0.2) is 35.2 Å². The first kappa shape index (κ1) is 29.2. The molecule has 0 aromatic heterocycles. The summed E-state index contributed by atoms with van der Waals surface area (Å²) in [5.41, 5.74) is 9.81. The molecule has 0 aliphatic rings. The number of carbonyl (C=O) groups excluding carboxylic acids is 2. The minimum atomic E-state index is -0.316. The summed E-state index contributed by atoms with van der Waals surface area (Å²) in [6, 6.07) is 11.4. The van der Waals surface area contributed by atoms with E-state index < -0.39 is 0 Å². The molecule has 0 aliphatic heterocycles. The van der Waals surface area contributed by atoms with Crippen molar-refractivity contribution in [2.75, 3.05) is 6.54 Å². The van der Waals surface area contributed by atoms with E-state index in [1.807, 2.05) is 42.5 Å². The van der Waals surface area contributed by atoms with Gasteiger partial charge < -0.3 is 5.73 Å². The predicted octanol–water partition coefficient (Wildman–Crippen LogP) is 5.07. The van der Waals surface area contributed by atoms with Gasteiger partial charge in [0.2, 0.25) is 0 Å². The van der Waals surface area contributed by atoms with Crippen LogP contribution in [0.2, 0.25) is 4.71 Å². The number of carbonyl (C=O) groups is 2. The Morgan fingerprint density at radius 1 is 1.10 bits per heavy atom. The molecule has 1 unspecified atom stereocenters. The number of allylic oxidation sites excluding steroid dienone is 2. The Morgan fingerprint density at radius 3 is 2.35 bits per heavy atom. The third kappa shape index (κ3) is 7.97. The van der Waals surface area contributed by atoms with Gasteiger partial charge in [-0.1, -0.05) is 0 Å². The maximum Gasteiger partial charge on any atom is -0.147 e. The van der Waals surface area contributed by atoms with Gasteiger partial charge in [0.15, 0.2) is 0 Å². The van der Waals surface area contributed by atoms with Crippen molar-refractivity contribution in [2.24, 2.45) is 5.73 Å². The zero-order valence-electron chi connectivity index (χ0n) is 17.5. The first-order chi connectivity index (χ1) is 13.9. The van der Waals surface area contributed by atoms with E-state index in [-0.39, 0.29) is 41.3 Å². The molecule has 2 N–H and O–H groups in total. The SMILES string of the molecule is C=CCc1ccc(OC(=O)C(C)[As])c(-c2ccc(C(=O)CCN)c(CC=C)c2)c1.Cl.Cl. The summed E-state index contributed by atoms with van der Waals surface area (Å²) in [5, 5.41) is 0. The Kier molecular flexibility index (Phi) is 13.4. The number of nitrogens with two attached hydrogens (primary N) is 1. The van der Waals surface area contributed by atoms with E-state index in [0.717, 1.165) is 22.3 Å². The quantitative estimate of drug-likeness (QED) is 0.155. The largest absolute Gasteiger partial charge is 0.147 e. The van der Waals surface area contributed by atoms with Crippen LogP contribution in [0.3, 0.4) is 0 Å². The normalized spacial score (nSPS) is 10.8. The number of Topliss-reactive ketones (excluding diaryl/α,β-unsaturated/α-hetero) is 1. The van der Waals surface area contributed by atoms with E-state index in [1.165, 1.54) is 0 Å². The van der Waals surface area contributed by atoms with Crippen LogP contribution in [0, 0.1) is 0 Å². The van der Waals surface area contributed by atoms with Crippen molar-refractivity contribution in [1.82, 2.24) is 0 Å². The Hall–Kier alpha value is -1.84. The van der Waals surface area contributed by atoms with Gasteiger partial charge in [0.05, 0.1) is 0 Å². The maximum atomic E-state index is 12.4. The number of ketones is 1. The number of hydrogen-bond acceptors (Lipinski definition) is 4. The minimum absolute atomic E-state index is 0. The molecular formula is C24H28AsCl2NO3. The average Bonchev–Trinajstić information content (AvgIpc) is 2.69. The molecule has 166 valence electrons. The second kappa shape index (κ2) is 14.3. The third-order valence-corrected chi connectivity index (χ3v) is 4.87. The molecule has 2 aromatic rings. The summed E-state index contributed by atoms with van der Waals surface area (Å²) in [7, 11) is 0. The summed E-state index contributed by atoms with van der Waals surface area (Å²) in [5.74, 6) is 0.190. The molecule has 31 heavy (non-hydrogen) atoms. The fourth-order valence-electron chi connectivity index (χ4n) is 3.00. The fourth-order valence-corrected chi connectivity index (χ4v) is 3.11. The molecule has 0 spiro atoms. The molecular weight excluding hydrogens is 496 g/mol. The summed E-state index contributed by atoms with van der Waals surface area (Å²) < 4.78 is 5.33. The number of halogens is 2. The Morgan fingerprint density at radius 2 is 1.77 bits per heavy atom. The number of ether oxygens (including phenoxy) is 1. The number of hydrogen-bond donors (Lipinski definition) is 1. The molecule has 0 heterocycles. The standard InChI is InChI=1S/C24H26AsNO3.2ClH/c1-4-6-17-8-11-23(29-24(28)16(3)25)21(14-17)19-9-10-20(22(27)12-13-26)18(15-19)7-5-2;;/h4-5,8-11,14-16H,1-2,6-7,12-13,26H2,3H3;2*1H. The summed E-state index contributed by atoms with van der Waals surface area (Å²) in [4.78, 5) is 24.6. The second-order valence-electron chi connectivity index (χ2n) is 6.75. The summed E-state index contributed by atoms with van der Waals surface area (Å²) in [6.45, 7) is 9.68. The van der Waals surface area contributed by atoms with Crippen LogP contribution in [0.15, 0.2) is 61.7 Å². The number of esters is 1. The third-order valence-electron chi connectivity index (χ3n) is 4.43. The molecule has 0 aliphatic carbocycles. The van der Waals surface area contributed by atoms with Gasteiger partial charge in [0.1, 0.15) is 0 Å². The van der Waals surface area contributed by atoms with Gasteiger partial charge in [-0.3, -0.25) is 0 Å². The van der Waals surface area contributed by atoms with Crippen molar-refractivity contribution in [2.45, 2.75) is 30.9 Å². The van der Waals surface area contributed by atoms with E-state index in [4.69, 9.17) is 10.5 Å². The zero-order valence-corrected chi connectivity index (χ0v) is 21.0. The van der Waals surface area contributed by atoms with Crippen LogP contribution in [0.5, 0.6) is 5.75 Å². The average molecular weight is 524 g/mol. The van der Waals surface area contributed by atoms with Gasteiger partial charge in [-0.25, -0.2) is 0 Å². The monoisotopic (exact) mass is 523 g/mol. The van der Waals surface area contributed by atoms with Gasteiger partial charge in [-0.2, -0.15) is 0 Å². The van der Waals surface area contributed by atoms with Crippen molar-refractivity contribution in [3.63, 3.8) is 0 Å². The molecule has 7 heteroatoms. The second-order valence-corrected chi connectivity index (χ2v) is 8.37. The summed E-state index contributed by atoms with van der Waals surface area (Å²) >= 11 is 2.28. The molecule has 0 saturated heterocycles. The molecule has 4 nitrogen and oxygen atoms in total. The fraction of sp³-hybridized carbons (Fsp3) is 0.250. The van der Waals surface area contributed by atoms with Gasteiger partial charge in [0.25, 0.3) is 0 Å². The van der Waals surface area contributed by atoms with Crippen molar-refractivity contribution < 1.29 is 14.3 Å². The Balaban J connectivity index is 0.00000450. The zero-order chi connectivity index (χ0) is 21.4. The molecule has 2 radical (unpaired) electrons. The molecule has 2 rings (SSSR count). The van der Waals surface area contributed by atoms with Crippen LogP contribution in [-0.2, 0) is 17.6 Å². The topological polar surface area (TPSA) is 69.4 Å². The molecule has 0 amide bonds. The number of benzene rings is 2. The summed E-state index contributed by atoms with van der Waals surface area (Å²) in [6.07, 6.45) is 5.16. The van der Waals surface area contributed by atoms with Gasteiger partial charge in [-0.05, 0) is 0 Å². The molecule has 0 bridgehead atoms. The van der Waals surface area contributed by atoms with E-state index in [1.54, 1.807) is 13.0 Å². The Bertz CT molecular complexity index is 929. The molecule has 2 aromatic carbocycles. The molecule has 1 atom stereocenters. The first-order valence-electron chi connectivity index (χ1n) is 9.52. The van der Waals surface area contributed by atoms with Crippen LogP contribution in [0.25, 0.3) is 11.1 Å². The van der Waals surface area contributed by atoms with Crippen LogP contribution in [0.4, 0.5) is 0 Å². The minimum Gasteiger partial charge on any atom is -0.147 e. The molecule has 0 saturated carbocycles. The molecule has 0 fully saturated rings. The Labute approximate surface area is 205 Å². The predicted molar refractivity (Wildman–Crippen MR) is 133 cm³/mol. The van der Waals surface area contributed by atoms with Gasteiger partial charge in [-0.15, -0.1) is 24.8 Å². The van der Waals surface area contributed by atoms with Crippen molar-refractivity contribution in [1.29, 1.82) is 0 Å². The van der Waals surface area contributed by atoms with Gasteiger partial charge >= 0.3 is 176 Å². The van der Waals surface area contributed by atoms with Crippen molar-refractivity contribution >= 4 is 53.4 Å². The van der Waals surface area contributed by atoms with Crippen molar-refractivity contribution in [3.05, 3.63) is 78.4 Å². The number of rotatable bonds is 10. The van der Waals surface area contributed by atoms with E-state index in [9.17, 15) is 9.59 Å². The van der Waals surface area contributed by atoms with Gasteiger partial charge in [0, 0.05) is 0 Å². The first-order valence-corrected chi connectivity index (χ1v) is 10.6. The maximum absolute atomic E-state index is 12.4. The van der Waals surface area contributed by atoms with E-state index in [2.05, 4.69) is 30.0 Å². The smallest absolute Gasteiger partial charge is 0.147 e. The van der Waals surface area contributed by atoms with E-state index >= 15 is 0 Å². The van der Waals surface area contributed by atoms with E-state index in [0.29, 0.717) is 37.1 Å². The van der Waals surface area contributed by atoms with Crippen molar-refractivity contribution in [3.8, 4) is 16.9 Å².